The summed E-state index contributed by atoms with van der Waals surface area (Å²) in [4.78, 5) is 14.3. The molecule has 2 fully saturated rings. The maximum Gasteiger partial charge on any atom is 0.237 e. The molecule has 1 aromatic rings. The summed E-state index contributed by atoms with van der Waals surface area (Å²) in [6, 6.07) is 2.62. The predicted molar refractivity (Wildman–Crippen MR) is 73.5 cm³/mol. The second-order valence-electron chi connectivity index (χ2n) is 5.46. The van der Waals surface area contributed by atoms with E-state index in [1.54, 1.807) is 11.3 Å². The van der Waals surface area contributed by atoms with Crippen LogP contribution in [0.25, 0.3) is 0 Å². The van der Waals surface area contributed by atoms with Crippen LogP contribution in [0.3, 0.4) is 0 Å². The van der Waals surface area contributed by atoms with Gasteiger partial charge in [0.25, 0.3) is 0 Å². The lowest BCUT2D eigenvalue weighted by molar-refractivity contribution is -0.131. The zero-order valence-corrected chi connectivity index (χ0v) is 11.4. The second-order valence-corrected chi connectivity index (χ2v) is 6.24. The molecule has 4 heteroatoms. The molecule has 0 unspecified atom stereocenters. The zero-order valence-electron chi connectivity index (χ0n) is 10.6. The van der Waals surface area contributed by atoms with Crippen LogP contribution in [0.4, 0.5) is 0 Å². The fourth-order valence-corrected chi connectivity index (χ4v) is 2.85. The quantitative estimate of drug-likeness (QED) is 0.819. The summed E-state index contributed by atoms with van der Waals surface area (Å²) in [5.41, 5.74) is 1.27. The van der Waals surface area contributed by atoms with Gasteiger partial charge in [0.15, 0.2) is 0 Å². The minimum Gasteiger partial charge on any atom is -0.334 e. The highest BCUT2D eigenvalue weighted by molar-refractivity contribution is 7.07. The fourth-order valence-electron chi connectivity index (χ4n) is 2.19. The summed E-state index contributed by atoms with van der Waals surface area (Å²) in [5, 5.41) is 7.52. The summed E-state index contributed by atoms with van der Waals surface area (Å²) in [6.07, 6.45) is 5.03. The van der Waals surface area contributed by atoms with E-state index in [-0.39, 0.29) is 5.91 Å². The molecule has 2 aliphatic carbocycles. The van der Waals surface area contributed by atoms with Gasteiger partial charge < -0.3 is 10.2 Å². The van der Waals surface area contributed by atoms with Crippen LogP contribution >= 0.6 is 11.3 Å². The lowest BCUT2D eigenvalue weighted by atomic mass is 10.3. The van der Waals surface area contributed by atoms with Gasteiger partial charge >= 0.3 is 0 Å². The largest absolute Gasteiger partial charge is 0.334 e. The SMILES string of the molecule is O=C(CNCC1CC1)N(Cc1ccsc1)C1CC1. The fraction of sp³-hybridized carbons (Fsp3) is 0.643. The number of hydrogen-bond acceptors (Lipinski definition) is 3. The van der Waals surface area contributed by atoms with E-state index in [0.29, 0.717) is 12.6 Å². The van der Waals surface area contributed by atoms with Gasteiger partial charge in [0.2, 0.25) is 5.91 Å². The van der Waals surface area contributed by atoms with Crippen molar-refractivity contribution in [1.29, 1.82) is 0 Å². The predicted octanol–water partition coefficient (Wildman–Crippen LogP) is 2.24. The summed E-state index contributed by atoms with van der Waals surface area (Å²) in [6.45, 7) is 2.32. The van der Waals surface area contributed by atoms with E-state index < -0.39 is 0 Å². The van der Waals surface area contributed by atoms with Crippen LogP contribution in [-0.2, 0) is 11.3 Å². The van der Waals surface area contributed by atoms with Crippen molar-refractivity contribution in [2.75, 3.05) is 13.1 Å². The van der Waals surface area contributed by atoms with Crippen molar-refractivity contribution in [2.45, 2.75) is 38.3 Å². The number of thiophene rings is 1. The summed E-state index contributed by atoms with van der Waals surface area (Å²) in [5.74, 6) is 1.10. The van der Waals surface area contributed by atoms with Crippen molar-refractivity contribution in [1.82, 2.24) is 10.2 Å². The van der Waals surface area contributed by atoms with Crippen molar-refractivity contribution >= 4 is 17.2 Å². The topological polar surface area (TPSA) is 32.3 Å². The van der Waals surface area contributed by atoms with Crippen molar-refractivity contribution in [3.05, 3.63) is 22.4 Å². The second kappa shape index (κ2) is 5.41. The van der Waals surface area contributed by atoms with Crippen LogP contribution in [0.2, 0.25) is 0 Å². The Morgan fingerprint density at radius 3 is 2.83 bits per heavy atom. The van der Waals surface area contributed by atoms with Gasteiger partial charge in [-0.3, -0.25) is 4.79 Å². The number of carbonyl (C=O) groups is 1. The third kappa shape index (κ3) is 3.33. The first-order valence-corrected chi connectivity index (χ1v) is 7.78. The van der Waals surface area contributed by atoms with Crippen molar-refractivity contribution in [2.24, 2.45) is 5.92 Å². The average Bonchev–Trinajstić information content (AvgIpc) is 3.28. The molecule has 0 saturated heterocycles. The molecule has 0 bridgehead atoms. The molecule has 1 aromatic heterocycles. The molecule has 1 N–H and O–H groups in total. The van der Waals surface area contributed by atoms with Gasteiger partial charge in [0, 0.05) is 12.6 Å². The van der Waals surface area contributed by atoms with Crippen LogP contribution in [0, 0.1) is 5.92 Å². The molecule has 0 aromatic carbocycles. The molecule has 0 aliphatic heterocycles. The first-order valence-electron chi connectivity index (χ1n) is 6.84. The van der Waals surface area contributed by atoms with Gasteiger partial charge in [0.1, 0.15) is 0 Å². The maximum absolute atomic E-state index is 12.2. The average molecular weight is 264 g/mol. The van der Waals surface area contributed by atoms with Gasteiger partial charge in [-0.15, -0.1) is 0 Å². The Morgan fingerprint density at radius 1 is 1.39 bits per heavy atom. The Labute approximate surface area is 112 Å². The van der Waals surface area contributed by atoms with E-state index in [1.165, 1.54) is 31.2 Å². The molecule has 98 valence electrons. The van der Waals surface area contributed by atoms with Crippen molar-refractivity contribution < 1.29 is 4.79 Å². The van der Waals surface area contributed by atoms with E-state index in [9.17, 15) is 4.79 Å². The number of nitrogens with one attached hydrogen (secondary N) is 1. The summed E-state index contributed by atoms with van der Waals surface area (Å²) < 4.78 is 0. The summed E-state index contributed by atoms with van der Waals surface area (Å²) >= 11 is 1.70. The minimum atomic E-state index is 0.268. The third-order valence-electron chi connectivity index (χ3n) is 3.65. The lowest BCUT2D eigenvalue weighted by Crippen LogP contribution is -2.39. The molecular formula is C14H20N2OS. The van der Waals surface area contributed by atoms with Crippen LogP contribution in [0.15, 0.2) is 16.8 Å². The van der Waals surface area contributed by atoms with E-state index in [4.69, 9.17) is 0 Å². The number of rotatable bonds is 7. The number of amides is 1. The number of nitrogens with zero attached hydrogens (tertiary/aromatic N) is 1. The lowest BCUT2D eigenvalue weighted by Gasteiger charge is -2.22. The molecule has 0 radical (unpaired) electrons. The first-order chi connectivity index (χ1) is 8.83. The molecule has 0 spiro atoms. The monoisotopic (exact) mass is 264 g/mol. The molecular weight excluding hydrogens is 244 g/mol. The van der Waals surface area contributed by atoms with E-state index in [0.717, 1.165) is 19.0 Å². The van der Waals surface area contributed by atoms with Crippen LogP contribution in [-0.4, -0.2) is 29.9 Å². The molecule has 2 aliphatic rings. The Morgan fingerprint density at radius 2 is 2.22 bits per heavy atom. The van der Waals surface area contributed by atoms with Crippen LogP contribution < -0.4 is 5.32 Å². The van der Waals surface area contributed by atoms with Gasteiger partial charge in [-0.25, -0.2) is 0 Å². The van der Waals surface area contributed by atoms with Crippen molar-refractivity contribution in [3.63, 3.8) is 0 Å². The third-order valence-corrected chi connectivity index (χ3v) is 4.38. The Kier molecular flexibility index (Phi) is 3.66. The van der Waals surface area contributed by atoms with Crippen molar-refractivity contribution in [3.8, 4) is 0 Å². The van der Waals surface area contributed by atoms with E-state index >= 15 is 0 Å². The minimum absolute atomic E-state index is 0.268. The number of carbonyl (C=O) groups excluding carboxylic acids is 1. The normalized spacial score (nSPS) is 18.9. The van der Waals surface area contributed by atoms with Gasteiger partial charge in [0.05, 0.1) is 6.54 Å². The molecule has 1 amide bonds. The zero-order chi connectivity index (χ0) is 12.4. The molecule has 3 nitrogen and oxygen atoms in total. The molecule has 18 heavy (non-hydrogen) atoms. The maximum atomic E-state index is 12.2. The van der Waals surface area contributed by atoms with Gasteiger partial charge in [-0.2, -0.15) is 11.3 Å². The highest BCUT2D eigenvalue weighted by atomic mass is 32.1. The Hall–Kier alpha value is -0.870. The molecule has 2 saturated carbocycles. The van der Waals surface area contributed by atoms with Gasteiger partial charge in [-0.05, 0) is 60.5 Å². The van der Waals surface area contributed by atoms with E-state index in [1.807, 2.05) is 0 Å². The highest BCUT2D eigenvalue weighted by Gasteiger charge is 2.32. The first kappa shape index (κ1) is 12.2. The Balaban J connectivity index is 1.49. The van der Waals surface area contributed by atoms with E-state index in [2.05, 4.69) is 27.0 Å². The van der Waals surface area contributed by atoms with Crippen LogP contribution in [0.5, 0.6) is 0 Å². The molecule has 1 heterocycles. The van der Waals surface area contributed by atoms with Crippen LogP contribution in [0.1, 0.15) is 31.2 Å². The molecule has 3 rings (SSSR count). The summed E-state index contributed by atoms with van der Waals surface area (Å²) in [7, 11) is 0. The Bertz CT molecular complexity index is 396. The highest BCUT2D eigenvalue weighted by Crippen LogP contribution is 2.29. The smallest absolute Gasteiger partial charge is 0.237 e. The standard InChI is InChI=1S/C14H20N2OS/c17-14(8-15-7-11-1-2-11)16(13-3-4-13)9-12-5-6-18-10-12/h5-6,10-11,13,15H,1-4,7-9H2. The van der Waals surface area contributed by atoms with Gasteiger partial charge in [-0.1, -0.05) is 0 Å². The number of hydrogen-bond donors (Lipinski definition) is 1. The molecule has 0 atom stereocenters.